The number of hydrogen-bond acceptors (Lipinski definition) is 4. The van der Waals surface area contributed by atoms with Gasteiger partial charge in [-0.1, -0.05) is 48.5 Å². The molecule has 0 spiro atoms. The molecule has 0 aliphatic rings. The van der Waals surface area contributed by atoms with Gasteiger partial charge in [0, 0.05) is 11.1 Å². The summed E-state index contributed by atoms with van der Waals surface area (Å²) in [6, 6.07) is 17.0. The minimum Gasteiger partial charge on any atom is -0.478 e. The Balaban J connectivity index is 2.35. The molecule has 4 rings (SSSR count). The second-order valence-corrected chi connectivity index (χ2v) is 9.47. The SMILES string of the molecule is O=Ic1c(C(=O)O)cc2ccccc2c1-c1c(I=O)c(C(=O)O)cc2ccccc12. The standard InChI is InChI=1S/C22H12I2O6/c25-21(26)15-9-11-5-1-3-7-13(11)17(19(15)23-29)18-14-8-4-2-6-12(14)10-16(22(27)28)20(18)24-30/h1-10H,(H,25,26)(H,27,28). The largest absolute Gasteiger partial charge is 0.478 e. The maximum Gasteiger partial charge on any atom is 0.336 e. The molecule has 0 aliphatic heterocycles. The topological polar surface area (TPSA) is 109 Å². The number of aromatic carboxylic acids is 2. The van der Waals surface area contributed by atoms with E-state index in [1.54, 1.807) is 48.5 Å². The van der Waals surface area contributed by atoms with Gasteiger partial charge in [-0.3, -0.25) is 6.14 Å². The number of carbonyl (C=O) groups is 2. The molecule has 4 aromatic rings. The molecule has 0 heterocycles. The van der Waals surface area contributed by atoms with Crippen molar-refractivity contribution in [3.63, 3.8) is 0 Å². The van der Waals surface area contributed by atoms with Crippen LogP contribution in [0.5, 0.6) is 0 Å². The van der Waals surface area contributed by atoms with E-state index in [0.717, 1.165) is 0 Å². The summed E-state index contributed by atoms with van der Waals surface area (Å²) in [6.45, 7) is 0. The lowest BCUT2D eigenvalue weighted by molar-refractivity contribution is 0.0685. The zero-order valence-electron chi connectivity index (χ0n) is 15.1. The average molecular weight is 626 g/mol. The maximum atomic E-state index is 12.3. The number of rotatable bonds is 5. The summed E-state index contributed by atoms with van der Waals surface area (Å²) in [5, 5.41) is 22.0. The molecule has 4 aromatic carbocycles. The number of carboxylic acid groups (broad SMARTS) is 2. The van der Waals surface area contributed by atoms with Crippen LogP contribution in [0.3, 0.4) is 0 Å². The fourth-order valence-corrected chi connectivity index (χ4v) is 6.41. The summed E-state index contributed by atoms with van der Waals surface area (Å²) in [6.07, 6.45) is 0. The predicted octanol–water partition coefficient (Wildman–Crippen LogP) is 6.03. The first-order valence-electron chi connectivity index (χ1n) is 8.60. The van der Waals surface area contributed by atoms with Crippen LogP contribution in [0.15, 0.2) is 60.7 Å². The molecule has 0 amide bonds. The van der Waals surface area contributed by atoms with Gasteiger partial charge in [-0.2, -0.15) is 0 Å². The molecule has 0 bridgehead atoms. The van der Waals surface area contributed by atoms with E-state index in [4.69, 9.17) is 0 Å². The summed E-state index contributed by atoms with van der Waals surface area (Å²) in [7, 11) is 0. The van der Waals surface area contributed by atoms with Crippen LogP contribution < -0.4 is 0 Å². The van der Waals surface area contributed by atoms with Crippen molar-refractivity contribution in [2.24, 2.45) is 0 Å². The van der Waals surface area contributed by atoms with Crippen molar-refractivity contribution in [1.82, 2.24) is 0 Å². The van der Waals surface area contributed by atoms with Gasteiger partial charge in [0.25, 0.3) is 0 Å². The zero-order valence-corrected chi connectivity index (χ0v) is 19.4. The molecule has 0 saturated heterocycles. The maximum absolute atomic E-state index is 12.3. The van der Waals surface area contributed by atoms with Gasteiger partial charge in [-0.15, -0.1) is 0 Å². The molecule has 150 valence electrons. The van der Waals surface area contributed by atoms with E-state index in [1.165, 1.54) is 12.1 Å². The number of fused-ring (bicyclic) bond motifs is 2. The van der Waals surface area contributed by atoms with E-state index in [-0.39, 0.29) is 18.3 Å². The first-order valence-corrected chi connectivity index (χ1v) is 12.5. The molecule has 2 N–H and O–H groups in total. The Labute approximate surface area is 190 Å². The summed E-state index contributed by atoms with van der Waals surface area (Å²) >= 11 is -3.87. The van der Waals surface area contributed by atoms with Gasteiger partial charge in [0.2, 0.25) is 0 Å². The third kappa shape index (κ3) is 3.33. The number of hydrogen-bond donors (Lipinski definition) is 2. The zero-order chi connectivity index (χ0) is 21.4. The molecule has 30 heavy (non-hydrogen) atoms. The van der Waals surface area contributed by atoms with Crippen LogP contribution in [0, 0.1) is 7.14 Å². The van der Waals surface area contributed by atoms with Crippen molar-refractivity contribution in [1.29, 1.82) is 0 Å². The van der Waals surface area contributed by atoms with E-state index in [1.807, 2.05) is 0 Å². The quantitative estimate of drug-likeness (QED) is 0.262. The molecule has 0 fully saturated rings. The third-order valence-corrected chi connectivity index (χ3v) is 7.96. The molecular formula is C22H12I2O6. The van der Waals surface area contributed by atoms with Crippen molar-refractivity contribution >= 4 is 75.9 Å². The lowest BCUT2D eigenvalue weighted by Gasteiger charge is -2.17. The van der Waals surface area contributed by atoms with Crippen LogP contribution >= 0.6 is 42.4 Å². The van der Waals surface area contributed by atoms with Crippen LogP contribution in [0.2, 0.25) is 0 Å². The van der Waals surface area contributed by atoms with Gasteiger partial charge in [0.1, 0.15) is 0 Å². The fourth-order valence-electron chi connectivity index (χ4n) is 3.60. The lowest BCUT2D eigenvalue weighted by atomic mass is 9.90. The molecule has 6 nitrogen and oxygen atoms in total. The van der Waals surface area contributed by atoms with E-state index in [0.29, 0.717) is 32.7 Å². The Kier molecular flexibility index (Phi) is 5.69. The highest BCUT2D eigenvalue weighted by Crippen LogP contribution is 2.44. The molecule has 0 saturated carbocycles. The number of halogens is 2. The van der Waals surface area contributed by atoms with Crippen molar-refractivity contribution in [2.75, 3.05) is 0 Å². The van der Waals surface area contributed by atoms with Crippen LogP contribution in [0.1, 0.15) is 20.7 Å². The van der Waals surface area contributed by atoms with Crippen LogP contribution in [0.25, 0.3) is 32.7 Å². The minimum atomic E-state index is -1.94. The van der Waals surface area contributed by atoms with E-state index in [9.17, 15) is 25.9 Å². The number of benzene rings is 4. The Morgan fingerprint density at radius 1 is 0.633 bits per heavy atom. The monoisotopic (exact) mass is 626 g/mol. The highest BCUT2D eigenvalue weighted by atomic mass is 127. The molecule has 0 radical (unpaired) electrons. The van der Waals surface area contributed by atoms with Crippen molar-refractivity contribution < 1.29 is 25.9 Å². The normalized spacial score (nSPS) is 11.1. The molecular weight excluding hydrogens is 614 g/mol. The molecule has 8 heteroatoms. The fraction of sp³-hybridized carbons (Fsp3) is 0. The minimum absolute atomic E-state index is 0.0913. The molecule has 0 unspecified atom stereocenters. The van der Waals surface area contributed by atoms with Gasteiger partial charge >= 0.3 is 11.9 Å². The Morgan fingerprint density at radius 3 is 1.33 bits per heavy atom. The Morgan fingerprint density at radius 2 is 1.00 bits per heavy atom. The van der Waals surface area contributed by atoms with Crippen molar-refractivity contribution in [2.45, 2.75) is 0 Å². The van der Waals surface area contributed by atoms with E-state index in [2.05, 4.69) is 0 Å². The van der Waals surface area contributed by atoms with Crippen LogP contribution in [0.4, 0.5) is 0 Å². The Hall–Kier alpha value is -2.60. The number of carboxylic acids is 2. The summed E-state index contributed by atoms with van der Waals surface area (Å²) in [4.78, 5) is 23.9. The van der Waals surface area contributed by atoms with E-state index >= 15 is 0 Å². The molecule has 0 aromatic heterocycles. The van der Waals surface area contributed by atoms with Crippen LogP contribution in [-0.4, -0.2) is 22.2 Å². The summed E-state index contributed by atoms with van der Waals surface area (Å²) < 4.78 is 24.9. The highest BCUT2D eigenvalue weighted by molar-refractivity contribution is 14.2. The Bertz CT molecular complexity index is 1290. The third-order valence-electron chi connectivity index (χ3n) is 4.84. The second kappa shape index (κ2) is 8.26. The second-order valence-electron chi connectivity index (χ2n) is 6.43. The van der Waals surface area contributed by atoms with Gasteiger partial charge in [-0.05, 0) is 33.7 Å². The van der Waals surface area contributed by atoms with Gasteiger partial charge < -0.3 is 10.2 Å². The lowest BCUT2D eigenvalue weighted by Crippen LogP contribution is -2.06. The van der Waals surface area contributed by atoms with Crippen molar-refractivity contribution in [3.05, 3.63) is 78.9 Å². The van der Waals surface area contributed by atoms with E-state index < -0.39 is 54.3 Å². The summed E-state index contributed by atoms with van der Waals surface area (Å²) in [5.74, 6) is -2.44. The summed E-state index contributed by atoms with van der Waals surface area (Å²) in [5.41, 5.74) is 0.592. The molecule has 0 atom stereocenters. The predicted molar refractivity (Wildman–Crippen MR) is 128 cm³/mol. The van der Waals surface area contributed by atoms with Gasteiger partial charge in [0.05, 0.1) is 18.3 Å². The average Bonchev–Trinajstić information content (AvgIpc) is 2.76. The highest BCUT2D eigenvalue weighted by Gasteiger charge is 2.26. The van der Waals surface area contributed by atoms with Gasteiger partial charge in [0.15, 0.2) is 42.4 Å². The smallest absolute Gasteiger partial charge is 0.336 e. The van der Waals surface area contributed by atoms with Crippen LogP contribution in [-0.2, 0) is 6.14 Å². The van der Waals surface area contributed by atoms with Gasteiger partial charge in [-0.25, -0.2) is 9.59 Å². The first kappa shape index (κ1) is 20.7. The van der Waals surface area contributed by atoms with Crippen molar-refractivity contribution in [3.8, 4) is 11.1 Å². The molecule has 0 aliphatic carbocycles. The first-order chi connectivity index (χ1) is 14.5.